The number of hydrogen-bond acceptors (Lipinski definition) is 6. The maximum Gasteiger partial charge on any atom is 0.573 e. The van der Waals surface area contributed by atoms with E-state index in [1.807, 2.05) is 0 Å². The Morgan fingerprint density at radius 2 is 1.75 bits per heavy atom. The summed E-state index contributed by atoms with van der Waals surface area (Å²) in [5.74, 6) is -1.11. The summed E-state index contributed by atoms with van der Waals surface area (Å²) in [6.45, 7) is 0.167. The molecule has 0 radical (unpaired) electrons. The molecule has 1 N–H and O–H groups in total. The predicted molar refractivity (Wildman–Crippen MR) is 96.9 cm³/mol. The number of ether oxygens (including phenoxy) is 2. The maximum atomic E-state index is 12.3. The van der Waals surface area contributed by atoms with Gasteiger partial charge in [-0.05, 0) is 36.8 Å². The number of nitrogens with one attached hydrogen (secondary N) is 1. The molecule has 0 fully saturated rings. The van der Waals surface area contributed by atoms with Crippen LogP contribution in [-0.4, -0.2) is 35.9 Å². The van der Waals surface area contributed by atoms with Crippen LogP contribution in [0.5, 0.6) is 11.5 Å². The molecule has 3 rings (SSSR count). The fourth-order valence-electron chi connectivity index (χ4n) is 2.71. The molecular weight excluding hydrogens is 448 g/mol. The molecular formula is C19H15F6N3O4. The molecule has 7 nitrogen and oxygen atoms in total. The number of oxime groups is 1. The van der Waals surface area contributed by atoms with E-state index in [0.717, 1.165) is 18.3 Å². The van der Waals surface area contributed by atoms with E-state index in [9.17, 15) is 31.1 Å². The average Bonchev–Trinajstić information content (AvgIpc) is 3.07. The molecule has 0 bridgehead atoms. The van der Waals surface area contributed by atoms with Gasteiger partial charge in [-0.2, -0.15) is 13.2 Å². The van der Waals surface area contributed by atoms with Crippen LogP contribution in [0.2, 0.25) is 0 Å². The van der Waals surface area contributed by atoms with Crippen LogP contribution in [0.1, 0.15) is 29.4 Å². The Morgan fingerprint density at radius 3 is 2.31 bits per heavy atom. The fourth-order valence-corrected chi connectivity index (χ4v) is 2.71. The molecule has 0 saturated carbocycles. The molecule has 1 atom stereocenters. The normalized spacial score (nSPS) is 18.5. The highest BCUT2D eigenvalue weighted by Gasteiger charge is 2.38. The lowest BCUT2D eigenvalue weighted by atomic mass is 9.93. The topological polar surface area (TPSA) is 82.0 Å². The van der Waals surface area contributed by atoms with Gasteiger partial charge < -0.3 is 19.6 Å². The second-order valence-electron chi connectivity index (χ2n) is 6.84. The molecule has 1 amide bonds. The highest BCUT2D eigenvalue weighted by Crippen LogP contribution is 2.36. The molecule has 1 aliphatic rings. The number of carbonyl (C=O) groups is 1. The van der Waals surface area contributed by atoms with Crippen LogP contribution >= 0.6 is 0 Å². The molecule has 1 aliphatic heterocycles. The number of rotatable bonds is 5. The summed E-state index contributed by atoms with van der Waals surface area (Å²) < 4.78 is 82.7. The van der Waals surface area contributed by atoms with E-state index < -0.39 is 30.6 Å². The van der Waals surface area contributed by atoms with Crippen molar-refractivity contribution in [1.82, 2.24) is 10.3 Å². The molecule has 172 valence electrons. The molecule has 0 aliphatic carbocycles. The Balaban J connectivity index is 1.58. The second-order valence-corrected chi connectivity index (χ2v) is 6.84. The minimum atomic E-state index is -4.80. The van der Waals surface area contributed by atoms with Crippen LogP contribution in [0.4, 0.5) is 26.3 Å². The Kier molecular flexibility index (Phi) is 6.19. The number of hydrogen-bond donors (Lipinski definition) is 1. The Morgan fingerprint density at radius 1 is 1.09 bits per heavy atom. The molecule has 13 heteroatoms. The van der Waals surface area contributed by atoms with E-state index in [-0.39, 0.29) is 29.5 Å². The van der Waals surface area contributed by atoms with Crippen molar-refractivity contribution < 1.29 is 45.4 Å². The molecule has 2 heterocycles. The zero-order chi connectivity index (χ0) is 23.6. The third-order valence-corrected chi connectivity index (χ3v) is 4.19. The van der Waals surface area contributed by atoms with Gasteiger partial charge in [0.05, 0.1) is 12.6 Å². The summed E-state index contributed by atoms with van der Waals surface area (Å²) in [6.07, 6.45) is -8.09. The molecule has 0 spiro atoms. The van der Waals surface area contributed by atoms with Crippen molar-refractivity contribution in [3.63, 3.8) is 0 Å². The molecule has 0 unspecified atom stereocenters. The number of carbonyl (C=O) groups excluding carboxylic acids is 1. The van der Waals surface area contributed by atoms with Crippen LogP contribution in [0.3, 0.4) is 0 Å². The van der Waals surface area contributed by atoms with Gasteiger partial charge in [-0.3, -0.25) is 4.79 Å². The number of aromatic nitrogens is 1. The summed E-state index contributed by atoms with van der Waals surface area (Å²) >= 11 is 0. The first kappa shape index (κ1) is 23.2. The highest BCUT2D eigenvalue weighted by atomic mass is 19.4. The number of benzene rings is 1. The third kappa shape index (κ3) is 6.25. The van der Waals surface area contributed by atoms with Crippen molar-refractivity contribution in [1.29, 1.82) is 0 Å². The maximum absolute atomic E-state index is 12.3. The molecule has 32 heavy (non-hydrogen) atoms. The van der Waals surface area contributed by atoms with Gasteiger partial charge in [0, 0.05) is 0 Å². The number of pyridine rings is 1. The average molecular weight is 463 g/mol. The third-order valence-electron chi connectivity index (χ3n) is 4.19. The van der Waals surface area contributed by atoms with E-state index in [1.165, 1.54) is 24.3 Å². The Labute approximate surface area is 177 Å². The first-order valence-electron chi connectivity index (χ1n) is 8.93. The summed E-state index contributed by atoms with van der Waals surface area (Å²) in [7, 11) is 0. The zero-order valence-electron chi connectivity index (χ0n) is 16.3. The van der Waals surface area contributed by atoms with Gasteiger partial charge in [0.1, 0.15) is 23.7 Å². The Hall–Kier alpha value is -3.51. The largest absolute Gasteiger partial charge is 0.573 e. The van der Waals surface area contributed by atoms with Crippen molar-refractivity contribution in [2.75, 3.05) is 6.54 Å². The van der Waals surface area contributed by atoms with Gasteiger partial charge in [0.15, 0.2) is 5.60 Å². The van der Waals surface area contributed by atoms with Gasteiger partial charge in [-0.25, -0.2) is 4.98 Å². The van der Waals surface area contributed by atoms with E-state index in [2.05, 4.69) is 14.9 Å². The number of alkyl halides is 6. The van der Waals surface area contributed by atoms with Gasteiger partial charge in [0.2, 0.25) is 5.90 Å². The molecule has 1 aromatic carbocycles. The van der Waals surface area contributed by atoms with Crippen LogP contribution in [0.15, 0.2) is 47.8 Å². The highest BCUT2D eigenvalue weighted by molar-refractivity contribution is 5.92. The molecule has 2 aromatic rings. The second kappa shape index (κ2) is 8.55. The quantitative estimate of drug-likeness (QED) is 0.669. The smallest absolute Gasteiger partial charge is 0.438 e. The van der Waals surface area contributed by atoms with Crippen molar-refractivity contribution in [2.45, 2.75) is 31.5 Å². The monoisotopic (exact) mass is 463 g/mol. The van der Waals surface area contributed by atoms with Crippen molar-refractivity contribution >= 4 is 11.8 Å². The Bertz CT molecular complexity index is 990. The number of amides is 1. The summed E-state index contributed by atoms with van der Waals surface area (Å²) in [6, 6.07) is 7.57. The molecule has 1 aromatic heterocycles. The van der Waals surface area contributed by atoms with Crippen molar-refractivity contribution in [2.24, 2.45) is 5.16 Å². The van der Waals surface area contributed by atoms with E-state index in [0.29, 0.717) is 5.56 Å². The van der Waals surface area contributed by atoms with Crippen LogP contribution in [-0.2, 0) is 10.4 Å². The van der Waals surface area contributed by atoms with E-state index in [1.54, 1.807) is 12.2 Å². The SMILES string of the molecule is C[C@@]1(c2ccc(OC(F)(F)F)cc2)CC(Oc2ccc(C(=O)NCC(F)(F)F)nc2)=NO1. The minimum Gasteiger partial charge on any atom is -0.438 e. The van der Waals surface area contributed by atoms with Crippen LogP contribution < -0.4 is 14.8 Å². The standard InChI is InChI=1S/C19H15F6N3O4/c1-17(11-2-4-12(5-3-11)31-19(23,24)25)8-15(28-32-17)30-13-6-7-14(26-9-13)16(29)27-10-18(20,21)22/h2-7,9H,8,10H2,1H3,(H,27,29)/t17-/m0/s1. The zero-order valence-corrected chi connectivity index (χ0v) is 16.3. The van der Waals surface area contributed by atoms with Gasteiger partial charge in [0.25, 0.3) is 5.91 Å². The van der Waals surface area contributed by atoms with Crippen LogP contribution in [0, 0.1) is 0 Å². The number of halogens is 6. The minimum absolute atomic E-state index is 0.124. The number of nitrogens with zero attached hydrogens (tertiary/aromatic N) is 2. The van der Waals surface area contributed by atoms with Gasteiger partial charge >= 0.3 is 12.5 Å². The summed E-state index contributed by atoms with van der Waals surface area (Å²) in [5.41, 5.74) is -0.738. The lowest BCUT2D eigenvalue weighted by molar-refractivity contribution is -0.274. The first-order chi connectivity index (χ1) is 14.8. The van der Waals surface area contributed by atoms with Crippen molar-refractivity contribution in [3.8, 4) is 11.5 Å². The first-order valence-corrected chi connectivity index (χ1v) is 8.93. The lowest BCUT2D eigenvalue weighted by Gasteiger charge is -2.21. The summed E-state index contributed by atoms with van der Waals surface area (Å²) in [4.78, 5) is 20.8. The summed E-state index contributed by atoms with van der Waals surface area (Å²) in [5, 5.41) is 5.50. The molecule has 0 saturated heterocycles. The van der Waals surface area contributed by atoms with Gasteiger partial charge in [-0.1, -0.05) is 17.3 Å². The fraction of sp³-hybridized carbons (Fsp3) is 0.316. The van der Waals surface area contributed by atoms with E-state index in [4.69, 9.17) is 9.57 Å². The lowest BCUT2D eigenvalue weighted by Crippen LogP contribution is -2.34. The van der Waals surface area contributed by atoms with Crippen molar-refractivity contribution in [3.05, 3.63) is 53.9 Å². The van der Waals surface area contributed by atoms with E-state index >= 15 is 0 Å². The predicted octanol–water partition coefficient (Wildman–Crippen LogP) is 4.30. The van der Waals surface area contributed by atoms with Gasteiger partial charge in [-0.15, -0.1) is 13.2 Å². The van der Waals surface area contributed by atoms with Crippen LogP contribution in [0.25, 0.3) is 0 Å².